The van der Waals surface area contributed by atoms with Crippen molar-refractivity contribution in [2.75, 3.05) is 0 Å². The zero-order chi connectivity index (χ0) is 16.1. The summed E-state index contributed by atoms with van der Waals surface area (Å²) >= 11 is 0. The highest BCUT2D eigenvalue weighted by atomic mass is 16.3. The first-order valence-corrected chi connectivity index (χ1v) is 6.90. The van der Waals surface area contributed by atoms with Gasteiger partial charge in [0.1, 0.15) is 11.2 Å². The fraction of sp³-hybridized carbons (Fsp3) is 0.278. The third-order valence-corrected chi connectivity index (χ3v) is 2.19. The monoisotopic (exact) mass is 274 g/mol. The zero-order valence-electron chi connectivity index (χ0n) is 13.3. The molecule has 0 unspecified atom stereocenters. The Bertz CT molecular complexity index is 602. The Morgan fingerprint density at radius 2 is 1.55 bits per heavy atom. The summed E-state index contributed by atoms with van der Waals surface area (Å²) in [6.45, 7) is 20.6. The van der Waals surface area contributed by atoms with E-state index in [0.717, 1.165) is 0 Å². The summed E-state index contributed by atoms with van der Waals surface area (Å²) in [6.07, 6.45) is 7.91. The molecule has 0 amide bonds. The molecule has 0 saturated heterocycles. The zero-order valence-corrected chi connectivity index (χ0v) is 13.3. The molecule has 1 heterocycles. The van der Waals surface area contributed by atoms with Crippen LogP contribution in [0.3, 0.4) is 0 Å². The molecule has 0 aliphatic carbocycles. The quantitative estimate of drug-likeness (QED) is 0.840. The maximum Gasteiger partial charge on any atom is 0.200 e. The molecule has 20 heavy (non-hydrogen) atoms. The van der Waals surface area contributed by atoms with E-state index >= 15 is 0 Å². The number of hydrogen-bond acceptors (Lipinski definition) is 2. The lowest BCUT2D eigenvalue weighted by molar-refractivity contribution is 0.497. The van der Waals surface area contributed by atoms with Crippen LogP contribution in [0, 0.1) is 0 Å². The van der Waals surface area contributed by atoms with Crippen molar-refractivity contribution in [2.24, 2.45) is 0 Å². The molecular weight excluding hydrogens is 248 g/mol. The van der Waals surface area contributed by atoms with Gasteiger partial charge in [0.15, 0.2) is 5.43 Å². The Balaban J connectivity index is 0. The van der Waals surface area contributed by atoms with Gasteiger partial charge in [-0.15, -0.1) is 0 Å². The van der Waals surface area contributed by atoms with Crippen LogP contribution in [0.2, 0.25) is 0 Å². The van der Waals surface area contributed by atoms with Crippen molar-refractivity contribution in [3.63, 3.8) is 0 Å². The van der Waals surface area contributed by atoms with Crippen LogP contribution in [0.15, 0.2) is 35.0 Å². The SMILES string of the molecule is C=C/C=c1/oc(C=C)c(C=C)c(=O)/c1=C/C.CC.CC. The minimum atomic E-state index is -0.105. The molecule has 1 aromatic rings. The molecule has 0 N–H and O–H groups in total. The second-order valence-electron chi connectivity index (χ2n) is 3.09. The first kappa shape index (κ1) is 20.2. The van der Waals surface area contributed by atoms with E-state index in [1.807, 2.05) is 27.7 Å². The van der Waals surface area contributed by atoms with Crippen LogP contribution >= 0.6 is 0 Å². The van der Waals surface area contributed by atoms with E-state index in [9.17, 15) is 4.79 Å². The standard InChI is InChI=1S/C14H14O2.2C2H6/c1-5-9-13-11(7-3)14(15)10(6-2)12(8-4)16-13;2*1-2/h5-9H,1-2,4H2,3H3;2*1-2H3/b11-7+,13-9+;;. The van der Waals surface area contributed by atoms with Crippen molar-refractivity contribution in [1.29, 1.82) is 0 Å². The van der Waals surface area contributed by atoms with Crippen molar-refractivity contribution in [1.82, 2.24) is 0 Å². The molecule has 0 fully saturated rings. The average Bonchev–Trinajstić information content (AvgIpc) is 2.51. The van der Waals surface area contributed by atoms with Crippen LogP contribution in [0.25, 0.3) is 24.3 Å². The van der Waals surface area contributed by atoms with Crippen molar-refractivity contribution < 1.29 is 4.42 Å². The minimum absolute atomic E-state index is 0.105. The van der Waals surface area contributed by atoms with Gasteiger partial charge in [0.25, 0.3) is 0 Å². The topological polar surface area (TPSA) is 30.2 Å². The second kappa shape index (κ2) is 12.0. The maximum atomic E-state index is 12.0. The van der Waals surface area contributed by atoms with Crippen LogP contribution in [-0.2, 0) is 0 Å². The van der Waals surface area contributed by atoms with E-state index in [2.05, 4.69) is 19.7 Å². The van der Waals surface area contributed by atoms with Crippen LogP contribution in [0.4, 0.5) is 0 Å². The van der Waals surface area contributed by atoms with E-state index < -0.39 is 0 Å². The molecule has 0 aliphatic rings. The minimum Gasteiger partial charge on any atom is -0.456 e. The molecule has 0 atom stereocenters. The summed E-state index contributed by atoms with van der Waals surface area (Å²) in [5, 5.41) is 0.514. The molecule has 1 rings (SSSR count). The highest BCUT2D eigenvalue weighted by Gasteiger charge is 2.05. The van der Waals surface area contributed by atoms with Gasteiger partial charge in [-0.3, -0.25) is 4.79 Å². The Morgan fingerprint density at radius 3 is 1.90 bits per heavy atom. The summed E-state index contributed by atoms with van der Waals surface area (Å²) in [5.41, 5.74) is 0.819. The summed E-state index contributed by atoms with van der Waals surface area (Å²) in [6, 6.07) is 0. The van der Waals surface area contributed by atoms with E-state index in [1.165, 1.54) is 12.2 Å². The highest BCUT2D eigenvalue weighted by Crippen LogP contribution is 2.02. The highest BCUT2D eigenvalue weighted by molar-refractivity contribution is 5.59. The van der Waals surface area contributed by atoms with Gasteiger partial charge in [0, 0.05) is 0 Å². The van der Waals surface area contributed by atoms with Gasteiger partial charge < -0.3 is 4.42 Å². The van der Waals surface area contributed by atoms with Crippen molar-refractivity contribution in [3.05, 3.63) is 58.0 Å². The molecule has 110 valence electrons. The third kappa shape index (κ3) is 4.88. The van der Waals surface area contributed by atoms with Crippen LogP contribution in [0.1, 0.15) is 45.9 Å². The molecule has 2 nitrogen and oxygen atoms in total. The fourth-order valence-electron chi connectivity index (χ4n) is 1.45. The van der Waals surface area contributed by atoms with Gasteiger partial charge in [-0.1, -0.05) is 65.7 Å². The molecule has 0 aliphatic heterocycles. The molecule has 0 bridgehead atoms. The van der Waals surface area contributed by atoms with Crippen molar-refractivity contribution in [3.8, 4) is 0 Å². The lowest BCUT2D eigenvalue weighted by atomic mass is 10.1. The Morgan fingerprint density at radius 1 is 1.00 bits per heavy atom. The Hall–Kier alpha value is -2.09. The predicted octanol–water partition coefficient (Wildman–Crippen LogP) is 3.75. The van der Waals surface area contributed by atoms with E-state index in [-0.39, 0.29) is 5.43 Å². The Kier molecular flexibility index (Phi) is 12.1. The van der Waals surface area contributed by atoms with Crippen LogP contribution in [-0.4, -0.2) is 0 Å². The normalized spacial score (nSPS) is 10.7. The first-order chi connectivity index (χ1) is 9.69. The van der Waals surface area contributed by atoms with E-state index in [4.69, 9.17) is 4.42 Å². The molecule has 0 saturated carbocycles. The van der Waals surface area contributed by atoms with Gasteiger partial charge in [-0.05, 0) is 19.1 Å². The molecule has 1 aromatic heterocycles. The molecule has 0 aromatic carbocycles. The van der Waals surface area contributed by atoms with Crippen LogP contribution in [0.5, 0.6) is 0 Å². The summed E-state index contributed by atoms with van der Waals surface area (Å²) in [4.78, 5) is 12.0. The second-order valence-corrected chi connectivity index (χ2v) is 3.09. The van der Waals surface area contributed by atoms with Crippen LogP contribution < -0.4 is 16.1 Å². The number of allylic oxidation sites excluding steroid dienone is 1. The third-order valence-electron chi connectivity index (χ3n) is 2.19. The Labute approximate surface area is 122 Å². The van der Waals surface area contributed by atoms with Crippen molar-refractivity contribution >= 4 is 24.3 Å². The maximum absolute atomic E-state index is 12.0. The van der Waals surface area contributed by atoms with Gasteiger partial charge in [-0.25, -0.2) is 0 Å². The fourth-order valence-corrected chi connectivity index (χ4v) is 1.45. The average molecular weight is 274 g/mol. The lowest BCUT2D eigenvalue weighted by Gasteiger charge is -1.99. The number of rotatable bonds is 3. The molecular formula is C18H26O2. The van der Waals surface area contributed by atoms with Gasteiger partial charge >= 0.3 is 0 Å². The predicted molar refractivity (Wildman–Crippen MR) is 91.9 cm³/mol. The van der Waals surface area contributed by atoms with E-state index in [1.54, 1.807) is 25.2 Å². The first-order valence-electron chi connectivity index (χ1n) is 6.90. The van der Waals surface area contributed by atoms with Crippen molar-refractivity contribution in [2.45, 2.75) is 34.6 Å². The molecule has 0 spiro atoms. The number of hydrogen-bond donors (Lipinski definition) is 0. The summed E-state index contributed by atoms with van der Waals surface area (Å²) < 4.78 is 5.54. The smallest absolute Gasteiger partial charge is 0.200 e. The summed E-state index contributed by atoms with van der Waals surface area (Å²) in [5.74, 6) is 0.429. The van der Waals surface area contributed by atoms with Gasteiger partial charge in [0.2, 0.25) is 0 Å². The van der Waals surface area contributed by atoms with E-state index in [0.29, 0.717) is 22.0 Å². The van der Waals surface area contributed by atoms with Gasteiger partial charge in [0.05, 0.1) is 10.8 Å². The summed E-state index contributed by atoms with van der Waals surface area (Å²) in [7, 11) is 0. The largest absolute Gasteiger partial charge is 0.456 e. The molecule has 2 heteroatoms. The van der Waals surface area contributed by atoms with Gasteiger partial charge in [-0.2, -0.15) is 0 Å². The lowest BCUT2D eigenvalue weighted by Crippen LogP contribution is -2.40. The molecule has 0 radical (unpaired) electrons.